The van der Waals surface area contributed by atoms with E-state index >= 15 is 0 Å². The molecule has 0 bridgehead atoms. The SMILES string of the molecule is Cc1cc(I)cnc1NC(=O)C1CCNCC1. The summed E-state index contributed by atoms with van der Waals surface area (Å²) >= 11 is 2.22. The molecule has 2 N–H and O–H groups in total. The van der Waals surface area contributed by atoms with Crippen LogP contribution in [0.4, 0.5) is 5.82 Å². The summed E-state index contributed by atoms with van der Waals surface area (Å²) in [5.74, 6) is 0.911. The molecule has 1 aliphatic rings. The number of nitrogens with zero attached hydrogens (tertiary/aromatic N) is 1. The highest BCUT2D eigenvalue weighted by Crippen LogP contribution is 2.18. The lowest BCUT2D eigenvalue weighted by atomic mass is 9.97. The molecule has 0 spiro atoms. The number of piperidine rings is 1. The number of carbonyl (C=O) groups is 1. The molecule has 1 saturated heterocycles. The summed E-state index contributed by atoms with van der Waals surface area (Å²) < 4.78 is 1.08. The molecular weight excluding hydrogens is 329 g/mol. The number of nitrogens with one attached hydrogen (secondary N) is 2. The van der Waals surface area contributed by atoms with Crippen molar-refractivity contribution in [2.75, 3.05) is 18.4 Å². The van der Waals surface area contributed by atoms with E-state index in [1.807, 2.05) is 13.0 Å². The van der Waals surface area contributed by atoms with Gasteiger partial charge in [0.15, 0.2) is 0 Å². The van der Waals surface area contributed by atoms with Gasteiger partial charge in [0.25, 0.3) is 0 Å². The Morgan fingerprint density at radius 1 is 1.53 bits per heavy atom. The normalized spacial score (nSPS) is 16.8. The van der Waals surface area contributed by atoms with Gasteiger partial charge in [0.05, 0.1) is 0 Å². The first-order valence-corrected chi connectivity index (χ1v) is 6.88. The smallest absolute Gasteiger partial charge is 0.228 e. The van der Waals surface area contributed by atoms with Crippen molar-refractivity contribution in [1.29, 1.82) is 0 Å². The van der Waals surface area contributed by atoms with Crippen molar-refractivity contribution in [3.8, 4) is 0 Å². The third-order valence-electron chi connectivity index (χ3n) is 3.00. The van der Waals surface area contributed by atoms with Crippen molar-refractivity contribution in [2.45, 2.75) is 19.8 Å². The summed E-state index contributed by atoms with van der Waals surface area (Å²) in [5, 5.41) is 6.18. The van der Waals surface area contributed by atoms with Gasteiger partial charge < -0.3 is 10.6 Å². The standard InChI is InChI=1S/C12H16IN3O/c1-8-6-10(13)7-15-11(8)16-12(17)9-2-4-14-5-3-9/h6-7,9,14H,2-5H2,1H3,(H,15,16,17). The zero-order chi connectivity index (χ0) is 12.3. The summed E-state index contributed by atoms with van der Waals surface area (Å²) in [6, 6.07) is 2.02. The number of hydrogen-bond donors (Lipinski definition) is 2. The van der Waals surface area contributed by atoms with Gasteiger partial charge in [-0.2, -0.15) is 0 Å². The number of anilines is 1. The first-order chi connectivity index (χ1) is 8.16. The Balaban J connectivity index is 2.02. The van der Waals surface area contributed by atoms with E-state index in [1.54, 1.807) is 6.20 Å². The van der Waals surface area contributed by atoms with Gasteiger partial charge in [0.1, 0.15) is 5.82 Å². The average molecular weight is 345 g/mol. The van der Waals surface area contributed by atoms with Crippen LogP contribution < -0.4 is 10.6 Å². The largest absolute Gasteiger partial charge is 0.317 e. The van der Waals surface area contributed by atoms with Crippen molar-refractivity contribution in [3.63, 3.8) is 0 Å². The molecule has 4 nitrogen and oxygen atoms in total. The van der Waals surface area contributed by atoms with Crippen molar-refractivity contribution in [1.82, 2.24) is 10.3 Å². The van der Waals surface area contributed by atoms with E-state index in [1.165, 1.54) is 0 Å². The fourth-order valence-electron chi connectivity index (χ4n) is 1.97. The summed E-state index contributed by atoms with van der Waals surface area (Å²) in [7, 11) is 0. The molecule has 0 atom stereocenters. The minimum absolute atomic E-state index is 0.100. The van der Waals surface area contributed by atoms with Gasteiger partial charge in [-0.15, -0.1) is 0 Å². The molecular formula is C12H16IN3O. The maximum atomic E-state index is 12.0. The van der Waals surface area contributed by atoms with Gasteiger partial charge in [-0.25, -0.2) is 4.98 Å². The van der Waals surface area contributed by atoms with Gasteiger partial charge >= 0.3 is 0 Å². The molecule has 17 heavy (non-hydrogen) atoms. The number of hydrogen-bond acceptors (Lipinski definition) is 3. The number of aryl methyl sites for hydroxylation is 1. The van der Waals surface area contributed by atoms with Gasteiger partial charge in [0.2, 0.25) is 5.91 Å². The van der Waals surface area contributed by atoms with Crippen LogP contribution in [0.5, 0.6) is 0 Å². The lowest BCUT2D eigenvalue weighted by Gasteiger charge is -2.21. The molecule has 1 aromatic heterocycles. The van der Waals surface area contributed by atoms with Gasteiger partial charge in [0, 0.05) is 15.7 Å². The Morgan fingerprint density at radius 3 is 2.88 bits per heavy atom. The summed E-state index contributed by atoms with van der Waals surface area (Å²) in [4.78, 5) is 16.3. The molecule has 0 unspecified atom stereocenters. The fraction of sp³-hybridized carbons (Fsp3) is 0.500. The van der Waals surface area contributed by atoms with Crippen LogP contribution in [0.1, 0.15) is 18.4 Å². The highest BCUT2D eigenvalue weighted by Gasteiger charge is 2.21. The van der Waals surface area contributed by atoms with Crippen molar-refractivity contribution < 1.29 is 4.79 Å². The Kier molecular flexibility index (Phi) is 4.33. The molecule has 0 saturated carbocycles. The topological polar surface area (TPSA) is 54.0 Å². The molecule has 2 rings (SSSR count). The van der Waals surface area contributed by atoms with Crippen LogP contribution in [0, 0.1) is 16.4 Å². The van der Waals surface area contributed by atoms with E-state index in [-0.39, 0.29) is 11.8 Å². The van der Waals surface area contributed by atoms with Gasteiger partial charge in [-0.3, -0.25) is 4.79 Å². The first-order valence-electron chi connectivity index (χ1n) is 5.80. The Hall–Kier alpha value is -0.690. The van der Waals surface area contributed by atoms with Gasteiger partial charge in [-0.1, -0.05) is 0 Å². The van der Waals surface area contributed by atoms with E-state index in [0.717, 1.165) is 35.1 Å². The van der Waals surface area contributed by atoms with Crippen molar-refractivity contribution >= 4 is 34.3 Å². The van der Waals surface area contributed by atoms with E-state index in [0.29, 0.717) is 5.82 Å². The molecule has 0 aromatic carbocycles. The highest BCUT2D eigenvalue weighted by atomic mass is 127. The van der Waals surface area contributed by atoms with E-state index < -0.39 is 0 Å². The third kappa shape index (κ3) is 3.38. The number of aromatic nitrogens is 1. The monoisotopic (exact) mass is 345 g/mol. The average Bonchev–Trinajstić information content (AvgIpc) is 2.34. The molecule has 2 heterocycles. The lowest BCUT2D eigenvalue weighted by molar-refractivity contribution is -0.120. The Bertz CT molecular complexity index is 416. The van der Waals surface area contributed by atoms with Crippen LogP contribution in [0.3, 0.4) is 0 Å². The first kappa shape index (κ1) is 12.8. The molecule has 1 aromatic rings. The predicted octanol–water partition coefficient (Wildman–Crippen LogP) is 1.93. The summed E-state index contributed by atoms with van der Waals surface area (Å²) in [6.07, 6.45) is 3.59. The molecule has 1 amide bonds. The molecule has 0 radical (unpaired) electrons. The second-order valence-electron chi connectivity index (χ2n) is 4.33. The molecule has 92 valence electrons. The van der Waals surface area contributed by atoms with Crippen LogP contribution in [0.25, 0.3) is 0 Å². The zero-order valence-corrected chi connectivity index (χ0v) is 12.0. The third-order valence-corrected chi connectivity index (χ3v) is 3.59. The molecule has 0 aliphatic carbocycles. The maximum absolute atomic E-state index is 12.0. The van der Waals surface area contributed by atoms with Crippen molar-refractivity contribution in [2.24, 2.45) is 5.92 Å². The molecule has 5 heteroatoms. The van der Waals surface area contributed by atoms with Gasteiger partial charge in [-0.05, 0) is 67.1 Å². The van der Waals surface area contributed by atoms with E-state index in [2.05, 4.69) is 38.2 Å². The van der Waals surface area contributed by atoms with Crippen LogP contribution in [0.2, 0.25) is 0 Å². The van der Waals surface area contributed by atoms with Crippen LogP contribution in [-0.4, -0.2) is 24.0 Å². The van der Waals surface area contributed by atoms with E-state index in [9.17, 15) is 4.79 Å². The molecule has 1 aliphatic heterocycles. The number of rotatable bonds is 2. The number of carbonyl (C=O) groups excluding carboxylic acids is 1. The van der Waals surface area contributed by atoms with Crippen molar-refractivity contribution in [3.05, 3.63) is 21.4 Å². The lowest BCUT2D eigenvalue weighted by Crippen LogP contribution is -2.34. The summed E-state index contributed by atoms with van der Waals surface area (Å²) in [6.45, 7) is 3.82. The second kappa shape index (κ2) is 5.77. The number of halogens is 1. The zero-order valence-electron chi connectivity index (χ0n) is 9.79. The van der Waals surface area contributed by atoms with Crippen LogP contribution in [0.15, 0.2) is 12.3 Å². The van der Waals surface area contributed by atoms with Crippen LogP contribution in [-0.2, 0) is 4.79 Å². The Morgan fingerprint density at radius 2 is 2.24 bits per heavy atom. The van der Waals surface area contributed by atoms with E-state index in [4.69, 9.17) is 0 Å². The fourth-order valence-corrected chi connectivity index (χ4v) is 2.58. The predicted molar refractivity (Wildman–Crippen MR) is 75.9 cm³/mol. The number of amides is 1. The number of pyridine rings is 1. The Labute approximate surface area is 115 Å². The minimum atomic E-state index is 0.100. The minimum Gasteiger partial charge on any atom is -0.317 e. The summed E-state index contributed by atoms with van der Waals surface area (Å²) in [5.41, 5.74) is 1.01. The van der Waals surface area contributed by atoms with Crippen LogP contribution >= 0.6 is 22.6 Å². The highest BCUT2D eigenvalue weighted by molar-refractivity contribution is 14.1. The quantitative estimate of drug-likeness (QED) is 0.806. The second-order valence-corrected chi connectivity index (χ2v) is 5.58. The maximum Gasteiger partial charge on any atom is 0.228 e. The molecule has 1 fully saturated rings.